The standard InChI is InChI=1S/C6H13O4P/c1-4-10-5(7)6(8)11(2,3)9/h6,8H,4H2,1-3H3. The van der Waals surface area contributed by atoms with Gasteiger partial charge in [0, 0.05) is 0 Å². The van der Waals surface area contributed by atoms with E-state index in [1.165, 1.54) is 13.3 Å². The van der Waals surface area contributed by atoms with E-state index in [0.29, 0.717) is 0 Å². The molecule has 0 aliphatic carbocycles. The van der Waals surface area contributed by atoms with Crippen LogP contribution >= 0.6 is 7.14 Å². The van der Waals surface area contributed by atoms with Crippen molar-refractivity contribution < 1.29 is 19.2 Å². The van der Waals surface area contributed by atoms with Crippen LogP contribution in [0.1, 0.15) is 6.92 Å². The van der Waals surface area contributed by atoms with E-state index < -0.39 is 19.0 Å². The van der Waals surface area contributed by atoms with Crippen molar-refractivity contribution in [2.24, 2.45) is 0 Å². The molecule has 0 aliphatic rings. The summed E-state index contributed by atoms with van der Waals surface area (Å²) in [4.78, 5) is 10.7. The molecule has 4 nitrogen and oxygen atoms in total. The van der Waals surface area contributed by atoms with Crippen LogP contribution in [-0.2, 0) is 14.1 Å². The highest BCUT2D eigenvalue weighted by molar-refractivity contribution is 7.63. The molecule has 0 saturated heterocycles. The SMILES string of the molecule is CCOC(=O)C(O)P(C)(C)=O. The van der Waals surface area contributed by atoms with Crippen LogP contribution in [0, 0.1) is 0 Å². The fraction of sp³-hybridized carbons (Fsp3) is 0.833. The van der Waals surface area contributed by atoms with Gasteiger partial charge in [-0.25, -0.2) is 4.79 Å². The number of esters is 1. The van der Waals surface area contributed by atoms with Gasteiger partial charge in [-0.05, 0) is 20.3 Å². The molecule has 0 saturated carbocycles. The highest BCUT2D eigenvalue weighted by Gasteiger charge is 2.28. The summed E-state index contributed by atoms with van der Waals surface area (Å²) in [6.07, 6.45) is 0. The van der Waals surface area contributed by atoms with Crippen molar-refractivity contribution in [3.05, 3.63) is 0 Å². The first kappa shape index (κ1) is 10.7. The van der Waals surface area contributed by atoms with Gasteiger partial charge in [0.05, 0.1) is 6.61 Å². The minimum absolute atomic E-state index is 0.190. The van der Waals surface area contributed by atoms with Gasteiger partial charge in [0.25, 0.3) is 0 Å². The second-order valence-electron chi connectivity index (χ2n) is 2.56. The predicted molar refractivity (Wildman–Crippen MR) is 42.1 cm³/mol. The maximum absolute atomic E-state index is 11.1. The van der Waals surface area contributed by atoms with Crippen LogP contribution in [0.4, 0.5) is 0 Å². The first-order chi connectivity index (χ1) is 4.89. The summed E-state index contributed by atoms with van der Waals surface area (Å²) in [6.45, 7) is 4.50. The maximum Gasteiger partial charge on any atom is 0.342 e. The highest BCUT2D eigenvalue weighted by Crippen LogP contribution is 2.41. The monoisotopic (exact) mass is 180 g/mol. The Morgan fingerprint density at radius 2 is 2.09 bits per heavy atom. The van der Waals surface area contributed by atoms with Crippen molar-refractivity contribution in [2.45, 2.75) is 12.8 Å². The predicted octanol–water partition coefficient (Wildman–Crippen LogP) is 0.491. The summed E-state index contributed by atoms with van der Waals surface area (Å²) in [5, 5.41) is 9.05. The number of aliphatic hydroxyl groups excluding tert-OH is 1. The summed E-state index contributed by atoms with van der Waals surface area (Å²) >= 11 is 0. The lowest BCUT2D eigenvalue weighted by Gasteiger charge is -2.12. The van der Waals surface area contributed by atoms with E-state index in [0.717, 1.165) is 0 Å². The molecule has 5 heteroatoms. The highest BCUT2D eigenvalue weighted by atomic mass is 31.2. The van der Waals surface area contributed by atoms with Gasteiger partial charge < -0.3 is 14.4 Å². The summed E-state index contributed by atoms with van der Waals surface area (Å²) in [5.74, 6) is -2.27. The molecule has 1 atom stereocenters. The van der Waals surface area contributed by atoms with E-state index in [4.69, 9.17) is 5.11 Å². The van der Waals surface area contributed by atoms with Crippen LogP contribution < -0.4 is 0 Å². The van der Waals surface area contributed by atoms with E-state index in [9.17, 15) is 9.36 Å². The van der Waals surface area contributed by atoms with E-state index in [1.807, 2.05) is 0 Å². The minimum atomic E-state index is -2.76. The Kier molecular flexibility index (Phi) is 3.76. The molecule has 0 bridgehead atoms. The zero-order valence-electron chi connectivity index (χ0n) is 6.90. The van der Waals surface area contributed by atoms with Crippen molar-refractivity contribution >= 4 is 13.1 Å². The number of carbonyl (C=O) groups excluding carboxylic acids is 1. The third kappa shape index (κ3) is 3.54. The third-order valence-electron chi connectivity index (χ3n) is 1.09. The van der Waals surface area contributed by atoms with Gasteiger partial charge in [-0.1, -0.05) is 0 Å². The van der Waals surface area contributed by atoms with Gasteiger partial charge in [-0.15, -0.1) is 0 Å². The van der Waals surface area contributed by atoms with Crippen molar-refractivity contribution in [2.75, 3.05) is 19.9 Å². The van der Waals surface area contributed by atoms with Gasteiger partial charge >= 0.3 is 5.97 Å². The van der Waals surface area contributed by atoms with Crippen LogP contribution in [0.5, 0.6) is 0 Å². The van der Waals surface area contributed by atoms with E-state index in [2.05, 4.69) is 4.74 Å². The van der Waals surface area contributed by atoms with E-state index >= 15 is 0 Å². The molecule has 0 fully saturated rings. The molecule has 0 aromatic rings. The largest absolute Gasteiger partial charge is 0.464 e. The van der Waals surface area contributed by atoms with E-state index in [1.54, 1.807) is 6.92 Å². The zero-order chi connectivity index (χ0) is 9.07. The smallest absolute Gasteiger partial charge is 0.342 e. The molecule has 1 N–H and O–H groups in total. The Labute approximate surface area is 65.9 Å². The molecule has 1 unspecified atom stereocenters. The molecule has 0 aliphatic heterocycles. The number of hydrogen-bond donors (Lipinski definition) is 1. The number of carbonyl (C=O) groups is 1. The van der Waals surface area contributed by atoms with Crippen molar-refractivity contribution in [1.82, 2.24) is 0 Å². The summed E-state index contributed by atoms with van der Waals surface area (Å²) < 4.78 is 15.5. The van der Waals surface area contributed by atoms with Crippen LogP contribution in [0.25, 0.3) is 0 Å². The fourth-order valence-electron chi connectivity index (χ4n) is 0.471. The van der Waals surface area contributed by atoms with Gasteiger partial charge in [0.2, 0.25) is 5.85 Å². The fourth-order valence-corrected chi connectivity index (χ4v) is 1.05. The molecular weight excluding hydrogens is 167 g/mol. The number of hydrogen-bond acceptors (Lipinski definition) is 4. The molecule has 0 rings (SSSR count). The Morgan fingerprint density at radius 1 is 1.64 bits per heavy atom. The molecule has 0 aromatic heterocycles. The van der Waals surface area contributed by atoms with Crippen LogP contribution in [0.15, 0.2) is 0 Å². The molecular formula is C6H13O4P. The Balaban J connectivity index is 4.14. The number of aliphatic hydroxyl groups is 1. The number of rotatable bonds is 3. The molecule has 0 heterocycles. The average molecular weight is 180 g/mol. The quantitative estimate of drug-likeness (QED) is 0.507. The molecule has 0 radical (unpaired) electrons. The minimum Gasteiger partial charge on any atom is -0.464 e. The van der Waals surface area contributed by atoms with Gasteiger partial charge in [-0.3, -0.25) is 0 Å². The average Bonchev–Trinajstić information content (AvgIpc) is 1.85. The molecule has 11 heavy (non-hydrogen) atoms. The van der Waals surface area contributed by atoms with Gasteiger partial charge in [0.1, 0.15) is 7.14 Å². The lowest BCUT2D eigenvalue weighted by molar-refractivity contribution is -0.148. The molecule has 0 spiro atoms. The summed E-state index contributed by atoms with van der Waals surface area (Å²) in [6, 6.07) is 0. The summed E-state index contributed by atoms with van der Waals surface area (Å²) in [5.41, 5.74) is 0. The van der Waals surface area contributed by atoms with Crippen LogP contribution in [0.3, 0.4) is 0 Å². The van der Waals surface area contributed by atoms with Gasteiger partial charge in [0.15, 0.2) is 0 Å². The molecule has 66 valence electrons. The Hall–Kier alpha value is -0.340. The molecule has 0 amide bonds. The first-order valence-electron chi connectivity index (χ1n) is 3.29. The van der Waals surface area contributed by atoms with Crippen LogP contribution in [0.2, 0.25) is 0 Å². The second kappa shape index (κ2) is 3.88. The first-order valence-corrected chi connectivity index (χ1v) is 5.96. The normalized spacial score (nSPS) is 14.2. The van der Waals surface area contributed by atoms with Crippen LogP contribution in [-0.4, -0.2) is 36.9 Å². The van der Waals surface area contributed by atoms with Crippen molar-refractivity contribution in [1.29, 1.82) is 0 Å². The summed E-state index contributed by atoms with van der Waals surface area (Å²) in [7, 11) is -2.76. The lowest BCUT2D eigenvalue weighted by Crippen LogP contribution is -2.22. The Bertz CT molecular complexity index is 183. The molecule has 0 aromatic carbocycles. The number of ether oxygens (including phenoxy) is 1. The van der Waals surface area contributed by atoms with Crippen molar-refractivity contribution in [3.63, 3.8) is 0 Å². The maximum atomic E-state index is 11.1. The third-order valence-corrected chi connectivity index (χ3v) is 2.48. The van der Waals surface area contributed by atoms with E-state index in [-0.39, 0.29) is 6.61 Å². The topological polar surface area (TPSA) is 63.6 Å². The Morgan fingerprint density at radius 3 is 2.36 bits per heavy atom. The van der Waals surface area contributed by atoms with Gasteiger partial charge in [-0.2, -0.15) is 0 Å². The van der Waals surface area contributed by atoms with Crippen molar-refractivity contribution in [3.8, 4) is 0 Å². The lowest BCUT2D eigenvalue weighted by atomic mass is 10.7. The zero-order valence-corrected chi connectivity index (χ0v) is 7.80. The second-order valence-corrected chi connectivity index (χ2v) is 5.92.